The number of aromatic nitrogens is 3. The van der Waals surface area contributed by atoms with Gasteiger partial charge < -0.3 is 4.74 Å². The molecule has 0 aliphatic carbocycles. The van der Waals surface area contributed by atoms with Gasteiger partial charge in [-0.1, -0.05) is 29.0 Å². The highest BCUT2D eigenvalue weighted by Gasteiger charge is 2.26. The number of thiazole rings is 1. The Kier molecular flexibility index (Phi) is 5.87. The summed E-state index contributed by atoms with van der Waals surface area (Å²) in [6.07, 6.45) is 1.85. The van der Waals surface area contributed by atoms with Crippen molar-refractivity contribution in [3.05, 3.63) is 40.2 Å². The van der Waals surface area contributed by atoms with Gasteiger partial charge in [-0.25, -0.2) is 4.98 Å². The van der Waals surface area contributed by atoms with Crippen LogP contribution in [-0.2, 0) is 11.8 Å². The molecule has 2 aromatic heterocycles. The highest BCUT2D eigenvalue weighted by molar-refractivity contribution is 7.23. The van der Waals surface area contributed by atoms with Crippen LogP contribution in [0.2, 0.25) is 5.02 Å². The third-order valence-electron chi connectivity index (χ3n) is 5.12. The Balaban J connectivity index is 1.69. The second-order valence-electron chi connectivity index (χ2n) is 7.28. The van der Waals surface area contributed by atoms with Crippen LogP contribution in [0.4, 0.5) is 5.13 Å². The van der Waals surface area contributed by atoms with E-state index in [-0.39, 0.29) is 5.91 Å². The lowest BCUT2D eigenvalue weighted by molar-refractivity contribution is 0.0391. The Morgan fingerprint density at radius 2 is 2.03 bits per heavy atom. The molecular weight excluding hydrogens is 410 g/mol. The molecule has 3 heterocycles. The minimum atomic E-state index is -0.135. The second kappa shape index (κ2) is 8.39. The number of benzene rings is 1. The average molecular weight is 434 g/mol. The fraction of sp³-hybridized carbons (Fsp3) is 0.450. The maximum absolute atomic E-state index is 13.4. The van der Waals surface area contributed by atoms with Crippen LogP contribution in [-0.4, -0.2) is 65.0 Å². The Hall–Kier alpha value is -2.00. The van der Waals surface area contributed by atoms with E-state index in [2.05, 4.69) is 10.00 Å². The summed E-state index contributed by atoms with van der Waals surface area (Å²) in [7, 11) is 1.82. The molecule has 29 heavy (non-hydrogen) atoms. The van der Waals surface area contributed by atoms with Crippen molar-refractivity contribution in [2.75, 3.05) is 44.3 Å². The predicted molar refractivity (Wildman–Crippen MR) is 116 cm³/mol. The number of rotatable bonds is 5. The maximum atomic E-state index is 13.4. The molecule has 0 unspecified atom stereocenters. The van der Waals surface area contributed by atoms with Crippen LogP contribution in [0, 0.1) is 13.8 Å². The van der Waals surface area contributed by atoms with E-state index in [4.69, 9.17) is 21.3 Å². The zero-order valence-electron chi connectivity index (χ0n) is 16.8. The number of anilines is 1. The molecule has 1 fully saturated rings. The molecule has 7 nitrogen and oxygen atoms in total. The molecule has 0 atom stereocenters. The molecule has 0 bridgehead atoms. The number of hydrogen-bond donors (Lipinski definition) is 0. The van der Waals surface area contributed by atoms with Crippen LogP contribution in [0.1, 0.15) is 21.6 Å². The lowest BCUT2D eigenvalue weighted by Crippen LogP contribution is -2.43. The van der Waals surface area contributed by atoms with Crippen molar-refractivity contribution in [1.82, 2.24) is 19.7 Å². The van der Waals surface area contributed by atoms with Crippen LogP contribution in [0.15, 0.2) is 18.3 Å². The Morgan fingerprint density at radius 1 is 1.28 bits per heavy atom. The molecule has 1 aliphatic rings. The molecular formula is C20H24ClN5O2S. The molecule has 154 valence electrons. The number of morpholine rings is 1. The summed E-state index contributed by atoms with van der Waals surface area (Å²) in [6.45, 7) is 8.39. The maximum Gasteiger partial charge on any atom is 0.280 e. The fourth-order valence-electron chi connectivity index (χ4n) is 3.50. The molecule has 4 rings (SSSR count). The first-order valence-corrected chi connectivity index (χ1v) is 10.8. The zero-order valence-corrected chi connectivity index (χ0v) is 18.4. The van der Waals surface area contributed by atoms with E-state index in [9.17, 15) is 4.79 Å². The normalized spacial score (nSPS) is 15.2. The summed E-state index contributed by atoms with van der Waals surface area (Å²) in [6, 6.07) is 3.83. The van der Waals surface area contributed by atoms with E-state index in [1.807, 2.05) is 39.2 Å². The summed E-state index contributed by atoms with van der Waals surface area (Å²) in [5, 5.41) is 5.69. The van der Waals surface area contributed by atoms with Crippen molar-refractivity contribution in [3.8, 4) is 0 Å². The minimum absolute atomic E-state index is 0.135. The fourth-order valence-corrected chi connectivity index (χ4v) is 4.84. The van der Waals surface area contributed by atoms with Gasteiger partial charge in [-0.05, 0) is 25.5 Å². The molecule has 1 saturated heterocycles. The molecule has 3 aromatic rings. The molecule has 9 heteroatoms. The Labute approximate surface area is 178 Å². The summed E-state index contributed by atoms with van der Waals surface area (Å²) < 4.78 is 8.01. The average Bonchev–Trinajstić information content (AvgIpc) is 3.30. The smallest absolute Gasteiger partial charge is 0.280 e. The number of carbonyl (C=O) groups is 1. The van der Waals surface area contributed by atoms with Gasteiger partial charge in [0.25, 0.3) is 5.91 Å². The van der Waals surface area contributed by atoms with Gasteiger partial charge in [0.1, 0.15) is 0 Å². The highest BCUT2D eigenvalue weighted by atomic mass is 35.5. The van der Waals surface area contributed by atoms with Crippen molar-refractivity contribution in [1.29, 1.82) is 0 Å². The first-order valence-electron chi connectivity index (χ1n) is 9.62. The number of ether oxygens (including phenoxy) is 1. The summed E-state index contributed by atoms with van der Waals surface area (Å²) in [4.78, 5) is 22.3. The molecule has 0 radical (unpaired) electrons. The Morgan fingerprint density at radius 3 is 2.69 bits per heavy atom. The van der Waals surface area contributed by atoms with Crippen molar-refractivity contribution >= 4 is 44.2 Å². The molecule has 0 N–H and O–H groups in total. The molecule has 0 spiro atoms. The standard InChI is InChI=1S/C20H24ClN5O2S/c1-13-4-5-15(21)18-16(13)22-20(29-18)26(7-6-25-8-10-28-11-9-25)19(27)17-14(2)12-24(3)23-17/h4-5,12H,6-11H2,1-3H3. The van der Waals surface area contributed by atoms with E-state index in [1.54, 1.807) is 9.58 Å². The van der Waals surface area contributed by atoms with Crippen LogP contribution in [0.5, 0.6) is 0 Å². The summed E-state index contributed by atoms with van der Waals surface area (Å²) in [5.74, 6) is -0.135. The van der Waals surface area contributed by atoms with E-state index in [0.29, 0.717) is 22.4 Å². The van der Waals surface area contributed by atoms with Gasteiger partial charge in [0.15, 0.2) is 10.8 Å². The van der Waals surface area contributed by atoms with Crippen LogP contribution in [0.3, 0.4) is 0 Å². The zero-order chi connectivity index (χ0) is 20.5. The largest absolute Gasteiger partial charge is 0.379 e. The first kappa shape index (κ1) is 20.3. The first-order chi connectivity index (χ1) is 13.9. The van der Waals surface area contributed by atoms with Crippen LogP contribution < -0.4 is 4.90 Å². The van der Waals surface area contributed by atoms with E-state index < -0.39 is 0 Å². The molecule has 1 aromatic carbocycles. The van der Waals surface area contributed by atoms with Gasteiger partial charge in [0.2, 0.25) is 0 Å². The van der Waals surface area contributed by atoms with E-state index >= 15 is 0 Å². The monoisotopic (exact) mass is 433 g/mol. The number of hydrogen-bond acceptors (Lipinski definition) is 6. The SMILES string of the molecule is Cc1cn(C)nc1C(=O)N(CCN1CCOCC1)c1nc2c(C)ccc(Cl)c2s1. The van der Waals surface area contributed by atoms with Gasteiger partial charge in [-0.3, -0.25) is 19.3 Å². The topological polar surface area (TPSA) is 63.5 Å². The lowest BCUT2D eigenvalue weighted by Gasteiger charge is -2.29. The quantitative estimate of drug-likeness (QED) is 0.617. The molecule has 1 aliphatic heterocycles. The van der Waals surface area contributed by atoms with Crippen LogP contribution in [0.25, 0.3) is 10.2 Å². The number of aryl methyl sites for hydroxylation is 3. The van der Waals surface area contributed by atoms with Gasteiger partial charge in [-0.2, -0.15) is 5.10 Å². The number of nitrogens with zero attached hydrogens (tertiary/aromatic N) is 5. The molecule has 1 amide bonds. The van der Waals surface area contributed by atoms with Crippen molar-refractivity contribution in [3.63, 3.8) is 0 Å². The Bertz CT molecular complexity index is 1000. The third-order valence-corrected chi connectivity index (χ3v) is 6.66. The predicted octanol–water partition coefficient (Wildman–Crippen LogP) is 3.28. The van der Waals surface area contributed by atoms with E-state index in [1.165, 1.54) is 11.3 Å². The van der Waals surface area contributed by atoms with Crippen molar-refractivity contribution < 1.29 is 9.53 Å². The van der Waals surface area contributed by atoms with Gasteiger partial charge in [0, 0.05) is 45.0 Å². The summed E-state index contributed by atoms with van der Waals surface area (Å²) in [5.41, 5.74) is 3.20. The van der Waals surface area contributed by atoms with Gasteiger partial charge in [0.05, 0.1) is 28.5 Å². The van der Waals surface area contributed by atoms with Crippen LogP contribution >= 0.6 is 22.9 Å². The second-order valence-corrected chi connectivity index (χ2v) is 8.67. The minimum Gasteiger partial charge on any atom is -0.379 e. The van der Waals surface area contributed by atoms with E-state index in [0.717, 1.165) is 54.2 Å². The van der Waals surface area contributed by atoms with Gasteiger partial charge >= 0.3 is 0 Å². The number of halogens is 1. The van der Waals surface area contributed by atoms with Crippen molar-refractivity contribution in [2.45, 2.75) is 13.8 Å². The number of amides is 1. The number of carbonyl (C=O) groups excluding carboxylic acids is 1. The van der Waals surface area contributed by atoms with Crippen molar-refractivity contribution in [2.24, 2.45) is 7.05 Å². The lowest BCUT2D eigenvalue weighted by atomic mass is 10.2. The third kappa shape index (κ3) is 4.16. The summed E-state index contributed by atoms with van der Waals surface area (Å²) >= 11 is 7.85. The van der Waals surface area contributed by atoms with Gasteiger partial charge in [-0.15, -0.1) is 0 Å². The highest BCUT2D eigenvalue weighted by Crippen LogP contribution is 2.36. The molecule has 0 saturated carbocycles. The number of fused-ring (bicyclic) bond motifs is 1.